The predicted octanol–water partition coefficient (Wildman–Crippen LogP) is -0.764. The molecule has 120 valence electrons. The van der Waals surface area contributed by atoms with Crippen LogP contribution in [0.5, 0.6) is 5.75 Å². The van der Waals surface area contributed by atoms with E-state index in [-0.39, 0.29) is 31.3 Å². The van der Waals surface area contributed by atoms with E-state index in [2.05, 4.69) is 10.3 Å². The second-order valence-electron chi connectivity index (χ2n) is 4.83. The molecule has 2 rings (SSSR count). The number of pyridine rings is 1. The van der Waals surface area contributed by atoms with Crippen molar-refractivity contribution >= 4 is 11.8 Å². The predicted molar refractivity (Wildman–Crippen MR) is 76.0 cm³/mol. The lowest BCUT2D eigenvalue weighted by Crippen LogP contribution is -2.52. The van der Waals surface area contributed by atoms with Gasteiger partial charge in [-0.1, -0.05) is 0 Å². The fourth-order valence-electron chi connectivity index (χ4n) is 2.07. The molecule has 1 aromatic heterocycles. The average Bonchev–Trinajstić information content (AvgIpc) is 2.53. The molecule has 1 aliphatic rings. The quantitative estimate of drug-likeness (QED) is 0.684. The standard InChI is InChI=1S/C14H19N3O5/c15-13(18)8-22-12-3-5-20-7-11(12)17-14(19)9-21-10-2-1-4-16-6-10/h1-2,4,6,11-12H,3,5,7-9H2,(H2,15,18)(H,17,19)/t11-,12+/m1/s1. The molecule has 1 aromatic rings. The van der Waals surface area contributed by atoms with Crippen molar-refractivity contribution in [3.05, 3.63) is 24.5 Å². The smallest absolute Gasteiger partial charge is 0.258 e. The van der Waals surface area contributed by atoms with Gasteiger partial charge >= 0.3 is 0 Å². The Bertz CT molecular complexity index is 497. The van der Waals surface area contributed by atoms with E-state index in [1.165, 1.54) is 6.20 Å². The minimum Gasteiger partial charge on any atom is -0.482 e. The number of primary amides is 1. The Labute approximate surface area is 127 Å². The molecule has 0 aromatic carbocycles. The van der Waals surface area contributed by atoms with Gasteiger partial charge in [-0.3, -0.25) is 14.6 Å². The van der Waals surface area contributed by atoms with Gasteiger partial charge in [0.15, 0.2) is 6.61 Å². The lowest BCUT2D eigenvalue weighted by atomic mass is 10.1. The van der Waals surface area contributed by atoms with Crippen molar-refractivity contribution in [1.29, 1.82) is 0 Å². The number of nitrogens with two attached hydrogens (primary N) is 1. The summed E-state index contributed by atoms with van der Waals surface area (Å²) in [7, 11) is 0. The number of carbonyl (C=O) groups excluding carboxylic acids is 2. The monoisotopic (exact) mass is 309 g/mol. The van der Waals surface area contributed by atoms with Gasteiger partial charge in [0.2, 0.25) is 5.91 Å². The van der Waals surface area contributed by atoms with E-state index in [9.17, 15) is 9.59 Å². The fraction of sp³-hybridized carbons (Fsp3) is 0.500. The van der Waals surface area contributed by atoms with Crippen molar-refractivity contribution in [2.45, 2.75) is 18.6 Å². The molecule has 2 atom stereocenters. The number of nitrogens with one attached hydrogen (secondary N) is 1. The number of aromatic nitrogens is 1. The molecule has 1 aliphatic heterocycles. The van der Waals surface area contributed by atoms with E-state index in [4.69, 9.17) is 19.9 Å². The van der Waals surface area contributed by atoms with Gasteiger partial charge in [0.25, 0.3) is 5.91 Å². The molecule has 3 N–H and O–H groups in total. The highest BCUT2D eigenvalue weighted by Crippen LogP contribution is 2.12. The SMILES string of the molecule is NC(=O)CO[C@H]1CCOC[C@H]1NC(=O)COc1cccnc1. The molecule has 0 bridgehead atoms. The van der Waals surface area contributed by atoms with Crippen LogP contribution in [-0.4, -0.2) is 55.4 Å². The number of hydrogen-bond donors (Lipinski definition) is 2. The molecular weight excluding hydrogens is 290 g/mol. The van der Waals surface area contributed by atoms with E-state index < -0.39 is 5.91 Å². The van der Waals surface area contributed by atoms with Gasteiger partial charge in [0.1, 0.15) is 12.4 Å². The van der Waals surface area contributed by atoms with Crippen LogP contribution in [0.4, 0.5) is 0 Å². The first-order chi connectivity index (χ1) is 10.6. The van der Waals surface area contributed by atoms with Crippen molar-refractivity contribution in [1.82, 2.24) is 10.3 Å². The van der Waals surface area contributed by atoms with Crippen molar-refractivity contribution < 1.29 is 23.8 Å². The first-order valence-electron chi connectivity index (χ1n) is 6.95. The van der Waals surface area contributed by atoms with Crippen LogP contribution in [0.3, 0.4) is 0 Å². The largest absolute Gasteiger partial charge is 0.482 e. The summed E-state index contributed by atoms with van der Waals surface area (Å²) in [6, 6.07) is 3.09. The van der Waals surface area contributed by atoms with E-state index in [0.717, 1.165) is 0 Å². The minimum atomic E-state index is -0.545. The van der Waals surface area contributed by atoms with Crippen LogP contribution in [-0.2, 0) is 19.1 Å². The molecule has 1 saturated heterocycles. The van der Waals surface area contributed by atoms with Gasteiger partial charge in [-0.05, 0) is 18.6 Å². The molecule has 22 heavy (non-hydrogen) atoms. The third-order valence-corrected chi connectivity index (χ3v) is 3.08. The van der Waals surface area contributed by atoms with Crippen LogP contribution in [0.2, 0.25) is 0 Å². The van der Waals surface area contributed by atoms with Crippen LogP contribution in [0.15, 0.2) is 24.5 Å². The van der Waals surface area contributed by atoms with Crippen LogP contribution < -0.4 is 15.8 Å². The Morgan fingerprint density at radius 1 is 1.45 bits per heavy atom. The number of carbonyl (C=O) groups is 2. The second kappa shape index (κ2) is 8.30. The van der Waals surface area contributed by atoms with Crippen molar-refractivity contribution in [2.75, 3.05) is 26.4 Å². The van der Waals surface area contributed by atoms with E-state index in [0.29, 0.717) is 25.4 Å². The maximum Gasteiger partial charge on any atom is 0.258 e. The third kappa shape index (κ3) is 5.30. The zero-order valence-corrected chi connectivity index (χ0v) is 12.1. The van der Waals surface area contributed by atoms with Gasteiger partial charge in [0, 0.05) is 12.8 Å². The van der Waals surface area contributed by atoms with Gasteiger partial charge in [-0.2, -0.15) is 0 Å². The number of amides is 2. The molecule has 8 heteroatoms. The van der Waals surface area contributed by atoms with E-state index in [1.54, 1.807) is 18.3 Å². The van der Waals surface area contributed by atoms with Crippen LogP contribution in [0, 0.1) is 0 Å². The molecule has 0 unspecified atom stereocenters. The Morgan fingerprint density at radius 2 is 2.32 bits per heavy atom. The highest BCUT2D eigenvalue weighted by atomic mass is 16.5. The van der Waals surface area contributed by atoms with Crippen molar-refractivity contribution in [3.8, 4) is 5.75 Å². The highest BCUT2D eigenvalue weighted by Gasteiger charge is 2.28. The zero-order chi connectivity index (χ0) is 15.8. The topological polar surface area (TPSA) is 113 Å². The summed E-state index contributed by atoms with van der Waals surface area (Å²) in [5.74, 6) is -0.331. The molecule has 0 saturated carbocycles. The molecule has 0 spiro atoms. The first kappa shape index (κ1) is 16.2. The lowest BCUT2D eigenvalue weighted by Gasteiger charge is -2.31. The Morgan fingerprint density at radius 3 is 3.05 bits per heavy atom. The maximum atomic E-state index is 11.9. The Balaban J connectivity index is 1.79. The summed E-state index contributed by atoms with van der Waals surface area (Å²) >= 11 is 0. The summed E-state index contributed by atoms with van der Waals surface area (Å²) in [5.41, 5.74) is 5.06. The van der Waals surface area contributed by atoms with Crippen LogP contribution in [0.1, 0.15) is 6.42 Å². The maximum absolute atomic E-state index is 11.9. The van der Waals surface area contributed by atoms with Crippen molar-refractivity contribution in [2.24, 2.45) is 5.73 Å². The van der Waals surface area contributed by atoms with Gasteiger partial charge in [0.05, 0.1) is 24.9 Å². The fourth-order valence-corrected chi connectivity index (χ4v) is 2.07. The van der Waals surface area contributed by atoms with Crippen molar-refractivity contribution in [3.63, 3.8) is 0 Å². The molecule has 1 fully saturated rings. The second-order valence-corrected chi connectivity index (χ2v) is 4.83. The summed E-state index contributed by atoms with van der Waals surface area (Å²) < 4.78 is 16.0. The summed E-state index contributed by atoms with van der Waals surface area (Å²) in [6.45, 7) is 0.526. The first-order valence-corrected chi connectivity index (χ1v) is 6.95. The molecular formula is C14H19N3O5. The summed E-state index contributed by atoms with van der Waals surface area (Å²) in [4.78, 5) is 26.6. The normalized spacial score (nSPS) is 21.1. The molecule has 2 amide bonds. The minimum absolute atomic E-state index is 0.134. The molecule has 2 heterocycles. The van der Waals surface area contributed by atoms with E-state index >= 15 is 0 Å². The van der Waals surface area contributed by atoms with Crippen LogP contribution in [0.25, 0.3) is 0 Å². The number of hydrogen-bond acceptors (Lipinski definition) is 6. The molecule has 0 aliphatic carbocycles. The molecule has 0 radical (unpaired) electrons. The number of ether oxygens (including phenoxy) is 3. The highest BCUT2D eigenvalue weighted by molar-refractivity contribution is 5.78. The average molecular weight is 309 g/mol. The number of nitrogens with zero attached hydrogens (tertiary/aromatic N) is 1. The van der Waals surface area contributed by atoms with Crippen LogP contribution >= 0.6 is 0 Å². The Hall–Kier alpha value is -2.19. The summed E-state index contributed by atoms with van der Waals surface area (Å²) in [6.07, 6.45) is 3.42. The zero-order valence-electron chi connectivity index (χ0n) is 12.1. The number of rotatable bonds is 7. The van der Waals surface area contributed by atoms with E-state index in [1.807, 2.05) is 0 Å². The van der Waals surface area contributed by atoms with Gasteiger partial charge < -0.3 is 25.3 Å². The lowest BCUT2D eigenvalue weighted by molar-refractivity contribution is -0.132. The third-order valence-electron chi connectivity index (χ3n) is 3.08. The Kier molecular flexibility index (Phi) is 6.11. The van der Waals surface area contributed by atoms with Gasteiger partial charge in [-0.25, -0.2) is 0 Å². The van der Waals surface area contributed by atoms with Gasteiger partial charge in [-0.15, -0.1) is 0 Å². The summed E-state index contributed by atoms with van der Waals surface area (Å²) in [5, 5.41) is 2.78. The molecule has 8 nitrogen and oxygen atoms in total.